The van der Waals surface area contributed by atoms with Gasteiger partial charge in [0, 0.05) is 76.4 Å². The van der Waals surface area contributed by atoms with Crippen molar-refractivity contribution in [2.24, 2.45) is 11.8 Å². The third kappa shape index (κ3) is 8.52. The van der Waals surface area contributed by atoms with Gasteiger partial charge < -0.3 is 24.5 Å². The van der Waals surface area contributed by atoms with E-state index >= 15 is 4.39 Å². The number of carboxylic acid groups (broad SMARTS) is 1. The van der Waals surface area contributed by atoms with Gasteiger partial charge in [0.25, 0.3) is 5.91 Å². The van der Waals surface area contributed by atoms with Gasteiger partial charge in [-0.2, -0.15) is 13.2 Å². The van der Waals surface area contributed by atoms with E-state index in [2.05, 4.69) is 0 Å². The Bertz CT molecular complexity index is 1560. The highest BCUT2D eigenvalue weighted by Gasteiger charge is 2.58. The highest BCUT2D eigenvalue weighted by Crippen LogP contribution is 2.47. The number of benzene rings is 2. The van der Waals surface area contributed by atoms with Crippen molar-refractivity contribution in [2.45, 2.75) is 62.8 Å². The third-order valence-electron chi connectivity index (χ3n) is 10.5. The van der Waals surface area contributed by atoms with Gasteiger partial charge in [0.15, 0.2) is 0 Å². The van der Waals surface area contributed by atoms with Crippen LogP contribution in [0.5, 0.6) is 5.75 Å². The van der Waals surface area contributed by atoms with Crippen LogP contribution in [-0.4, -0.2) is 109 Å². The number of anilines is 1. The van der Waals surface area contributed by atoms with Crippen molar-refractivity contribution in [1.82, 2.24) is 14.7 Å². The number of amides is 2. The smallest absolute Gasteiger partial charge is 0.416 e. The average molecular weight is 764 g/mol. The summed E-state index contributed by atoms with van der Waals surface area (Å²) in [6, 6.07) is 10.3. The fourth-order valence-electron chi connectivity index (χ4n) is 7.56. The lowest BCUT2D eigenvalue weighted by molar-refractivity contribution is -0.144. The quantitative estimate of drug-likeness (QED) is 0.341. The van der Waals surface area contributed by atoms with Crippen LogP contribution in [0, 0.1) is 11.8 Å². The molecule has 51 heavy (non-hydrogen) atoms. The monoisotopic (exact) mass is 762 g/mol. The SMILES string of the molecule is COc1ccc([C@@H]2CN(C(C)(C)C)C[C@@]2(F)C(=O)N2C[C@H](C(=O)N(C)C)[C@@H](c3ccc(C(F)(F)F)cc3N3CCC(C(=O)O)CC3)C2)cc1.Cl.Cl. The lowest BCUT2D eigenvalue weighted by Gasteiger charge is -2.35. The fraction of sp³-hybridized carbons (Fsp3) is 0.583. The number of halogens is 6. The van der Waals surface area contributed by atoms with Crippen LogP contribution in [0.15, 0.2) is 42.5 Å². The Labute approximate surface area is 309 Å². The van der Waals surface area contributed by atoms with E-state index in [1.807, 2.05) is 25.7 Å². The summed E-state index contributed by atoms with van der Waals surface area (Å²) in [7, 11) is 4.68. The molecule has 0 bridgehead atoms. The Balaban J connectivity index is 0.00000351. The number of piperidine rings is 1. The molecule has 0 saturated carbocycles. The highest BCUT2D eigenvalue weighted by molar-refractivity contribution is 5.90. The molecule has 2 amide bonds. The molecule has 2 aromatic rings. The van der Waals surface area contributed by atoms with Crippen LogP contribution in [0.3, 0.4) is 0 Å². The summed E-state index contributed by atoms with van der Waals surface area (Å²) in [5.74, 6) is -4.41. The Morgan fingerprint density at radius 1 is 0.941 bits per heavy atom. The van der Waals surface area contributed by atoms with Crippen molar-refractivity contribution in [3.8, 4) is 5.75 Å². The molecule has 5 rings (SSSR count). The van der Waals surface area contributed by atoms with Crippen LogP contribution in [0.4, 0.5) is 23.2 Å². The Hall–Kier alpha value is -3.29. The van der Waals surface area contributed by atoms with E-state index in [1.165, 1.54) is 23.0 Å². The van der Waals surface area contributed by atoms with Gasteiger partial charge in [-0.3, -0.25) is 19.3 Å². The number of ether oxygens (including phenoxy) is 1. The van der Waals surface area contributed by atoms with Gasteiger partial charge in [-0.15, -0.1) is 24.8 Å². The first-order valence-corrected chi connectivity index (χ1v) is 16.6. The number of aliphatic carboxylic acids is 1. The van der Waals surface area contributed by atoms with Crippen LogP contribution >= 0.6 is 24.8 Å². The van der Waals surface area contributed by atoms with E-state index in [0.29, 0.717) is 16.9 Å². The molecule has 3 heterocycles. The van der Waals surface area contributed by atoms with Gasteiger partial charge in [0.2, 0.25) is 11.6 Å². The molecular weight excluding hydrogens is 715 g/mol. The number of hydrogen-bond donors (Lipinski definition) is 1. The Morgan fingerprint density at radius 3 is 2.06 bits per heavy atom. The predicted octanol–water partition coefficient (Wildman–Crippen LogP) is 6.10. The number of carboxylic acids is 1. The lowest BCUT2D eigenvalue weighted by atomic mass is 9.85. The molecule has 9 nitrogen and oxygen atoms in total. The molecule has 3 aliphatic rings. The van der Waals surface area contributed by atoms with E-state index < -0.39 is 58.5 Å². The Morgan fingerprint density at radius 2 is 1.55 bits per heavy atom. The zero-order chi connectivity index (χ0) is 36.1. The molecule has 15 heteroatoms. The zero-order valence-corrected chi connectivity index (χ0v) is 31.3. The molecule has 4 atom stereocenters. The first-order chi connectivity index (χ1) is 22.8. The van der Waals surface area contributed by atoms with E-state index in [4.69, 9.17) is 4.74 Å². The topological polar surface area (TPSA) is 93.6 Å². The first kappa shape index (κ1) is 42.1. The number of alkyl halides is 4. The number of nitrogens with zero attached hydrogens (tertiary/aromatic N) is 4. The minimum atomic E-state index is -4.64. The molecule has 0 spiro atoms. The summed E-state index contributed by atoms with van der Waals surface area (Å²) in [4.78, 5) is 46.2. The molecule has 284 valence electrons. The van der Waals surface area contributed by atoms with Gasteiger partial charge in [0.1, 0.15) is 5.75 Å². The summed E-state index contributed by atoms with van der Waals surface area (Å²) in [5.41, 5.74) is -2.33. The summed E-state index contributed by atoms with van der Waals surface area (Å²) in [6.07, 6.45) is -4.13. The van der Waals surface area contributed by atoms with Crippen molar-refractivity contribution in [2.75, 3.05) is 65.4 Å². The van der Waals surface area contributed by atoms with E-state index in [1.54, 1.807) is 43.3 Å². The van der Waals surface area contributed by atoms with Gasteiger partial charge in [-0.1, -0.05) is 18.2 Å². The molecule has 0 radical (unpaired) electrons. The Kier molecular flexibility index (Phi) is 13.0. The second kappa shape index (κ2) is 15.8. The third-order valence-corrected chi connectivity index (χ3v) is 10.5. The van der Waals surface area contributed by atoms with Crippen LogP contribution in [0.1, 0.15) is 62.1 Å². The maximum Gasteiger partial charge on any atom is 0.416 e. The van der Waals surface area contributed by atoms with E-state index in [0.717, 1.165) is 12.1 Å². The summed E-state index contributed by atoms with van der Waals surface area (Å²) < 4.78 is 64.8. The standard InChI is InChI=1S/C36H46F4N4O5.2ClH/c1-34(2,3)44-20-29(22-7-10-25(49-6)11-8-22)35(37,21-44)33(48)43-18-27(28(19-43)31(45)41(4)5)26-12-9-24(36(38,39)40)17-30(26)42-15-13-23(14-16-42)32(46)47;;/h7-12,17,23,27-29H,13-16,18-21H2,1-6H3,(H,46,47);2*1H/t27-,28+,29+,35+;;/m1../s1. The first-order valence-electron chi connectivity index (χ1n) is 16.6. The molecule has 3 aliphatic heterocycles. The number of carbonyl (C=O) groups is 3. The number of hydrogen-bond acceptors (Lipinski definition) is 6. The van der Waals surface area contributed by atoms with Crippen LogP contribution < -0.4 is 9.64 Å². The number of rotatable bonds is 7. The van der Waals surface area contributed by atoms with E-state index in [9.17, 15) is 32.7 Å². The van der Waals surface area contributed by atoms with Crippen molar-refractivity contribution >= 4 is 48.3 Å². The van der Waals surface area contributed by atoms with Crippen molar-refractivity contribution in [1.29, 1.82) is 0 Å². The molecular formula is C36H48Cl2F4N4O5. The summed E-state index contributed by atoms with van der Waals surface area (Å²) in [6.45, 7) is 6.25. The van der Waals surface area contributed by atoms with Gasteiger partial charge >= 0.3 is 12.1 Å². The molecule has 0 aliphatic carbocycles. The highest BCUT2D eigenvalue weighted by atomic mass is 35.5. The molecule has 3 fully saturated rings. The number of methoxy groups -OCH3 is 1. The zero-order valence-electron chi connectivity index (χ0n) is 29.7. The van der Waals surface area contributed by atoms with Crippen molar-refractivity contribution in [3.63, 3.8) is 0 Å². The summed E-state index contributed by atoms with van der Waals surface area (Å²) >= 11 is 0. The van der Waals surface area contributed by atoms with Gasteiger partial charge in [-0.25, -0.2) is 4.39 Å². The molecule has 0 unspecified atom stereocenters. The lowest BCUT2D eigenvalue weighted by Crippen LogP contribution is -2.51. The van der Waals surface area contributed by atoms with E-state index in [-0.39, 0.29) is 88.5 Å². The molecule has 3 saturated heterocycles. The maximum absolute atomic E-state index is 17.6. The average Bonchev–Trinajstić information content (AvgIpc) is 3.66. The predicted molar refractivity (Wildman–Crippen MR) is 191 cm³/mol. The van der Waals surface area contributed by atoms with Crippen molar-refractivity contribution in [3.05, 3.63) is 59.2 Å². The maximum atomic E-state index is 17.6. The molecule has 0 aromatic heterocycles. The van der Waals surface area contributed by atoms with Crippen molar-refractivity contribution < 1.29 is 41.8 Å². The van der Waals surface area contributed by atoms with Crippen LogP contribution in [-0.2, 0) is 20.6 Å². The summed E-state index contributed by atoms with van der Waals surface area (Å²) in [5, 5.41) is 9.50. The van der Waals surface area contributed by atoms with Gasteiger partial charge in [0.05, 0.1) is 24.5 Å². The minimum absolute atomic E-state index is 0. The number of likely N-dealkylation sites (tertiary alicyclic amines) is 2. The normalized spacial score (nSPS) is 24.5. The molecule has 2 aromatic carbocycles. The second-order valence-electron chi connectivity index (χ2n) is 14.8. The van der Waals surface area contributed by atoms with Crippen LogP contribution in [0.25, 0.3) is 0 Å². The minimum Gasteiger partial charge on any atom is -0.497 e. The number of carbonyl (C=O) groups excluding carboxylic acids is 2. The molecule has 1 N–H and O–H groups in total. The second-order valence-corrected chi connectivity index (χ2v) is 14.8. The van der Waals surface area contributed by atoms with Gasteiger partial charge in [-0.05, 0) is 69.0 Å². The fourth-order valence-corrected chi connectivity index (χ4v) is 7.56. The largest absolute Gasteiger partial charge is 0.497 e. The van der Waals surface area contributed by atoms with Crippen LogP contribution in [0.2, 0.25) is 0 Å².